The van der Waals surface area contributed by atoms with Crippen LogP contribution in [0.3, 0.4) is 0 Å². The molecule has 2 amide bonds. The zero-order valence-electron chi connectivity index (χ0n) is 19.9. The third-order valence-electron chi connectivity index (χ3n) is 6.31. The molecule has 0 radical (unpaired) electrons. The largest absolute Gasteiger partial charge is 0.376 e. The van der Waals surface area contributed by atoms with Crippen LogP contribution in [0.15, 0.2) is 72.8 Å². The Kier molecular flexibility index (Phi) is 7.18. The van der Waals surface area contributed by atoms with Crippen LogP contribution in [0.1, 0.15) is 24.4 Å². The highest BCUT2D eigenvalue weighted by Gasteiger charge is 2.35. The molecule has 8 nitrogen and oxygen atoms in total. The first kappa shape index (κ1) is 24.5. The normalized spacial score (nSPS) is 16.0. The van der Waals surface area contributed by atoms with Crippen LogP contribution in [0.2, 0.25) is 0 Å². The van der Waals surface area contributed by atoms with Gasteiger partial charge in [0.15, 0.2) is 0 Å². The van der Waals surface area contributed by atoms with E-state index in [0.717, 1.165) is 12.8 Å². The number of fused-ring (bicyclic) bond motifs is 1. The third-order valence-corrected chi connectivity index (χ3v) is 6.31. The summed E-state index contributed by atoms with van der Waals surface area (Å²) < 4.78 is 35.9. The van der Waals surface area contributed by atoms with Gasteiger partial charge in [0.2, 0.25) is 11.8 Å². The van der Waals surface area contributed by atoms with Crippen molar-refractivity contribution in [3.63, 3.8) is 0 Å². The van der Waals surface area contributed by atoms with Gasteiger partial charge < -0.3 is 10.1 Å². The van der Waals surface area contributed by atoms with Gasteiger partial charge in [-0.2, -0.15) is 0 Å². The lowest BCUT2D eigenvalue weighted by Crippen LogP contribution is -2.47. The summed E-state index contributed by atoms with van der Waals surface area (Å²) in [6.07, 6.45) is 1.54. The van der Waals surface area contributed by atoms with Gasteiger partial charge in [0.25, 0.3) is 0 Å². The van der Waals surface area contributed by atoms with Crippen LogP contribution >= 0.6 is 0 Å². The number of anilines is 1. The number of ether oxygens (including phenoxy) is 1. The molecular weight excluding hydrogens is 480 g/mol. The van der Waals surface area contributed by atoms with E-state index >= 15 is 4.39 Å². The molecule has 2 atom stereocenters. The summed E-state index contributed by atoms with van der Waals surface area (Å²) in [6.45, 7) is 0.564. The molecule has 2 heterocycles. The molecule has 37 heavy (non-hydrogen) atoms. The number of nitrogens with zero attached hydrogens (tertiary/aromatic N) is 4. The van der Waals surface area contributed by atoms with Crippen LogP contribution in [0.4, 0.5) is 14.5 Å². The Morgan fingerprint density at radius 1 is 1.05 bits per heavy atom. The van der Waals surface area contributed by atoms with E-state index in [1.807, 2.05) is 0 Å². The van der Waals surface area contributed by atoms with Crippen LogP contribution in [0.25, 0.3) is 11.0 Å². The monoisotopic (exact) mass is 505 g/mol. The van der Waals surface area contributed by atoms with Gasteiger partial charge >= 0.3 is 0 Å². The van der Waals surface area contributed by atoms with Crippen molar-refractivity contribution in [2.45, 2.75) is 31.5 Å². The molecule has 2 unspecified atom stereocenters. The Balaban J connectivity index is 1.54. The van der Waals surface area contributed by atoms with Crippen LogP contribution < -0.4 is 10.2 Å². The molecule has 4 aromatic rings. The number of rotatable bonds is 8. The van der Waals surface area contributed by atoms with E-state index in [9.17, 15) is 14.0 Å². The zero-order chi connectivity index (χ0) is 25.8. The van der Waals surface area contributed by atoms with E-state index in [2.05, 4.69) is 15.6 Å². The minimum Gasteiger partial charge on any atom is -0.376 e. The number of carbonyl (C=O) groups excluding carboxylic acids is 2. The Labute approximate surface area is 211 Å². The molecule has 5 rings (SSSR count). The fourth-order valence-corrected chi connectivity index (χ4v) is 4.49. The minimum absolute atomic E-state index is 0.00784. The first-order chi connectivity index (χ1) is 18.0. The van der Waals surface area contributed by atoms with E-state index in [1.165, 1.54) is 52.0 Å². The van der Waals surface area contributed by atoms with Crippen LogP contribution in [-0.2, 0) is 20.9 Å². The number of carbonyl (C=O) groups is 2. The van der Waals surface area contributed by atoms with Crippen LogP contribution in [-0.4, -0.2) is 46.1 Å². The van der Waals surface area contributed by atoms with E-state index in [1.54, 1.807) is 30.3 Å². The van der Waals surface area contributed by atoms with Crippen LogP contribution in [0, 0.1) is 11.6 Å². The lowest BCUT2D eigenvalue weighted by atomic mass is 10.0. The molecule has 1 fully saturated rings. The lowest BCUT2D eigenvalue weighted by molar-refractivity contribution is -0.127. The summed E-state index contributed by atoms with van der Waals surface area (Å²) >= 11 is 0. The Hall–Kier alpha value is -4.18. The third kappa shape index (κ3) is 5.34. The van der Waals surface area contributed by atoms with Crippen LogP contribution in [0.5, 0.6) is 0 Å². The lowest BCUT2D eigenvalue weighted by Gasteiger charge is -2.32. The van der Waals surface area contributed by atoms with Gasteiger partial charge in [0.1, 0.15) is 29.7 Å². The average Bonchev–Trinajstić information content (AvgIpc) is 3.58. The molecule has 10 heteroatoms. The zero-order valence-corrected chi connectivity index (χ0v) is 19.9. The first-order valence-electron chi connectivity index (χ1n) is 12.0. The SMILES string of the molecule is O=C(NCC1CCCO1)C(c1ccccc1F)N(C(=O)Cn1nnc2ccccc21)c1ccc(F)cc1. The number of hydrogen-bond donors (Lipinski definition) is 1. The molecule has 1 N–H and O–H groups in total. The number of benzene rings is 3. The predicted molar refractivity (Wildman–Crippen MR) is 133 cm³/mol. The van der Waals surface area contributed by atoms with Gasteiger partial charge in [-0.05, 0) is 55.3 Å². The summed E-state index contributed by atoms with van der Waals surface area (Å²) in [6, 6.07) is 16.7. The maximum atomic E-state index is 15.1. The topological polar surface area (TPSA) is 89.4 Å². The second kappa shape index (κ2) is 10.8. The van der Waals surface area contributed by atoms with Gasteiger partial charge in [0.05, 0.1) is 11.6 Å². The summed E-state index contributed by atoms with van der Waals surface area (Å²) in [5.74, 6) is -2.29. The van der Waals surface area contributed by atoms with E-state index in [0.29, 0.717) is 17.6 Å². The standard InChI is InChI=1S/C27H25F2N5O3/c28-18-11-13-19(14-12-18)34(25(35)17-33-24-10-4-3-9-23(24)31-32-33)26(21-7-1-2-8-22(21)29)27(36)30-16-20-6-5-15-37-20/h1-4,7-14,20,26H,5-6,15-17H2,(H,30,36). The number of halogens is 2. The van der Waals surface area contributed by atoms with E-state index in [-0.39, 0.29) is 30.4 Å². The highest BCUT2D eigenvalue weighted by Crippen LogP contribution is 2.30. The van der Waals surface area contributed by atoms with Crippen molar-refractivity contribution in [3.05, 3.63) is 90.0 Å². The van der Waals surface area contributed by atoms with Gasteiger partial charge in [-0.25, -0.2) is 13.5 Å². The van der Waals surface area contributed by atoms with Gasteiger partial charge in [-0.1, -0.05) is 35.5 Å². The smallest absolute Gasteiger partial charge is 0.249 e. The van der Waals surface area contributed by atoms with Gasteiger partial charge in [-0.15, -0.1) is 5.10 Å². The molecule has 0 spiro atoms. The Morgan fingerprint density at radius 2 is 1.81 bits per heavy atom. The fraction of sp³-hybridized carbons (Fsp3) is 0.259. The number of aromatic nitrogens is 3. The quantitative estimate of drug-likeness (QED) is 0.394. The highest BCUT2D eigenvalue weighted by molar-refractivity contribution is 6.01. The molecule has 3 aromatic carbocycles. The maximum absolute atomic E-state index is 15.1. The van der Waals surface area contributed by atoms with Crippen molar-refractivity contribution >= 4 is 28.5 Å². The Bertz CT molecular complexity index is 1400. The second-order valence-corrected chi connectivity index (χ2v) is 8.78. The van der Waals surface area contributed by atoms with E-state index < -0.39 is 29.5 Å². The fourth-order valence-electron chi connectivity index (χ4n) is 4.49. The summed E-state index contributed by atoms with van der Waals surface area (Å²) in [5.41, 5.74) is 1.47. The van der Waals surface area contributed by atoms with Crippen molar-refractivity contribution in [3.8, 4) is 0 Å². The molecular formula is C27H25F2N5O3. The molecule has 1 aromatic heterocycles. The number of nitrogens with one attached hydrogen (secondary N) is 1. The summed E-state index contributed by atoms with van der Waals surface area (Å²) in [5, 5.41) is 11.0. The highest BCUT2D eigenvalue weighted by atomic mass is 19.1. The number of para-hydroxylation sites is 1. The average molecular weight is 506 g/mol. The summed E-state index contributed by atoms with van der Waals surface area (Å²) in [4.78, 5) is 28.6. The predicted octanol–water partition coefficient (Wildman–Crippen LogP) is 3.78. The summed E-state index contributed by atoms with van der Waals surface area (Å²) in [7, 11) is 0. The first-order valence-corrected chi connectivity index (χ1v) is 12.0. The van der Waals surface area contributed by atoms with Crippen molar-refractivity contribution in [1.82, 2.24) is 20.3 Å². The maximum Gasteiger partial charge on any atom is 0.249 e. The Morgan fingerprint density at radius 3 is 2.57 bits per heavy atom. The van der Waals surface area contributed by atoms with Crippen molar-refractivity contribution < 1.29 is 23.1 Å². The van der Waals surface area contributed by atoms with Crippen molar-refractivity contribution in [2.24, 2.45) is 0 Å². The molecule has 0 aliphatic carbocycles. The molecule has 1 aliphatic heterocycles. The van der Waals surface area contributed by atoms with Gasteiger partial charge in [-0.3, -0.25) is 14.5 Å². The van der Waals surface area contributed by atoms with Gasteiger partial charge in [0, 0.05) is 24.4 Å². The van der Waals surface area contributed by atoms with Crippen molar-refractivity contribution in [2.75, 3.05) is 18.1 Å². The molecule has 1 saturated heterocycles. The minimum atomic E-state index is -1.37. The molecule has 0 bridgehead atoms. The number of hydrogen-bond acceptors (Lipinski definition) is 5. The molecule has 0 saturated carbocycles. The molecule has 190 valence electrons. The van der Waals surface area contributed by atoms with E-state index in [4.69, 9.17) is 4.74 Å². The molecule has 1 aliphatic rings. The van der Waals surface area contributed by atoms with Crippen molar-refractivity contribution in [1.29, 1.82) is 0 Å². The second-order valence-electron chi connectivity index (χ2n) is 8.78. The number of amides is 2.